The van der Waals surface area contributed by atoms with Gasteiger partial charge in [-0.3, -0.25) is 0 Å². The zero-order valence-corrected chi connectivity index (χ0v) is 12.0. The summed E-state index contributed by atoms with van der Waals surface area (Å²) in [6.45, 7) is 1.73. The molecule has 3 rings (SSSR count). The zero-order chi connectivity index (χ0) is 14.1. The van der Waals surface area contributed by atoms with Crippen LogP contribution in [0.25, 0.3) is 0 Å². The van der Waals surface area contributed by atoms with E-state index in [1.165, 1.54) is 16.9 Å². The average molecular weight is 288 g/mol. The maximum Gasteiger partial charge on any atom is 0.337 e. The maximum atomic E-state index is 11.0. The van der Waals surface area contributed by atoms with Crippen molar-refractivity contribution in [1.29, 1.82) is 0 Å². The normalized spacial score (nSPS) is 17.6. The number of rotatable bonds is 3. The molecule has 0 fully saturated rings. The highest BCUT2D eigenvalue weighted by molar-refractivity contribution is 7.10. The molecule has 2 aromatic heterocycles. The van der Waals surface area contributed by atoms with Crippen LogP contribution in [-0.2, 0) is 6.42 Å². The molecule has 0 amide bonds. The summed E-state index contributed by atoms with van der Waals surface area (Å²) in [6.07, 6.45) is 3.43. The fraction of sp³-hybridized carbons (Fsp3) is 0.333. The van der Waals surface area contributed by atoms with Gasteiger partial charge in [-0.15, -0.1) is 11.3 Å². The number of hydrogen-bond donors (Lipinski definition) is 2. The molecule has 2 aromatic rings. The Hall–Kier alpha value is -1.88. The highest BCUT2D eigenvalue weighted by atomic mass is 32.1. The van der Waals surface area contributed by atoms with Crippen LogP contribution < -0.4 is 5.32 Å². The lowest BCUT2D eigenvalue weighted by Crippen LogP contribution is -2.16. The van der Waals surface area contributed by atoms with Gasteiger partial charge < -0.3 is 10.4 Å². The van der Waals surface area contributed by atoms with Crippen molar-refractivity contribution in [2.75, 3.05) is 5.32 Å². The van der Waals surface area contributed by atoms with Crippen LogP contribution in [0.15, 0.2) is 23.6 Å². The number of carboxylic acid groups (broad SMARTS) is 1. The summed E-state index contributed by atoms with van der Waals surface area (Å²) < 4.78 is 0. The van der Waals surface area contributed by atoms with Crippen molar-refractivity contribution in [2.24, 2.45) is 0 Å². The third kappa shape index (κ3) is 2.41. The molecule has 5 heteroatoms. The van der Waals surface area contributed by atoms with Gasteiger partial charge in [0.15, 0.2) is 0 Å². The lowest BCUT2D eigenvalue weighted by Gasteiger charge is -2.24. The molecular weight excluding hydrogens is 272 g/mol. The second-order valence-corrected chi connectivity index (χ2v) is 6.02. The molecule has 1 unspecified atom stereocenters. The van der Waals surface area contributed by atoms with E-state index >= 15 is 0 Å². The molecule has 1 aliphatic rings. The minimum atomic E-state index is -0.931. The summed E-state index contributed by atoms with van der Waals surface area (Å²) in [7, 11) is 0. The van der Waals surface area contributed by atoms with E-state index in [0.717, 1.165) is 18.7 Å². The molecule has 0 aliphatic heterocycles. The smallest absolute Gasteiger partial charge is 0.337 e. The largest absolute Gasteiger partial charge is 0.478 e. The minimum Gasteiger partial charge on any atom is -0.478 e. The second kappa shape index (κ2) is 5.25. The summed E-state index contributed by atoms with van der Waals surface area (Å²) in [6, 6.07) is 5.82. The predicted octanol–water partition coefficient (Wildman–Crippen LogP) is 3.64. The van der Waals surface area contributed by atoms with Crippen LogP contribution in [0.3, 0.4) is 0 Å². The van der Waals surface area contributed by atoms with Gasteiger partial charge in [-0.2, -0.15) is 0 Å². The van der Waals surface area contributed by atoms with E-state index in [9.17, 15) is 4.79 Å². The number of anilines is 1. The first-order chi connectivity index (χ1) is 9.65. The standard InChI is InChI=1S/C15H16N2O2S/c1-9-10(15(18)19)5-6-14(16-9)17-12-3-2-4-13-11(12)7-8-20-13/h5-8,12H,2-4H2,1H3,(H,16,17)(H,18,19). The number of pyridine rings is 1. The number of carbonyl (C=O) groups is 1. The van der Waals surface area contributed by atoms with E-state index in [1.54, 1.807) is 19.1 Å². The number of thiophene rings is 1. The SMILES string of the molecule is Cc1nc(NC2CCCc3sccc32)ccc1C(=O)O. The van der Waals surface area contributed by atoms with Crippen molar-refractivity contribution >= 4 is 23.1 Å². The van der Waals surface area contributed by atoms with Crippen LogP contribution in [0, 0.1) is 6.92 Å². The van der Waals surface area contributed by atoms with Crippen LogP contribution in [0.2, 0.25) is 0 Å². The first kappa shape index (κ1) is 13.1. The van der Waals surface area contributed by atoms with E-state index in [0.29, 0.717) is 5.69 Å². The first-order valence-electron chi connectivity index (χ1n) is 6.69. The van der Waals surface area contributed by atoms with E-state index < -0.39 is 5.97 Å². The van der Waals surface area contributed by atoms with Crippen LogP contribution in [0.1, 0.15) is 45.4 Å². The number of carboxylic acids is 1. The van der Waals surface area contributed by atoms with Gasteiger partial charge in [0, 0.05) is 4.88 Å². The lowest BCUT2D eigenvalue weighted by molar-refractivity contribution is 0.0695. The molecule has 0 aromatic carbocycles. The average Bonchev–Trinajstić information content (AvgIpc) is 2.87. The molecule has 20 heavy (non-hydrogen) atoms. The highest BCUT2D eigenvalue weighted by Gasteiger charge is 2.21. The van der Waals surface area contributed by atoms with Crippen LogP contribution in [-0.4, -0.2) is 16.1 Å². The Labute approximate surface area is 121 Å². The zero-order valence-electron chi connectivity index (χ0n) is 11.2. The summed E-state index contributed by atoms with van der Waals surface area (Å²) >= 11 is 1.81. The van der Waals surface area contributed by atoms with Gasteiger partial charge >= 0.3 is 5.97 Å². The van der Waals surface area contributed by atoms with Crippen LogP contribution >= 0.6 is 11.3 Å². The number of aromatic carboxylic acids is 1. The third-order valence-corrected chi connectivity index (χ3v) is 4.69. The molecule has 0 bridgehead atoms. The van der Waals surface area contributed by atoms with Gasteiger partial charge in [0.1, 0.15) is 5.82 Å². The molecule has 4 nitrogen and oxygen atoms in total. The molecule has 0 saturated heterocycles. The van der Waals surface area contributed by atoms with Crippen LogP contribution in [0.5, 0.6) is 0 Å². The molecule has 2 N–H and O–H groups in total. The molecule has 0 spiro atoms. The maximum absolute atomic E-state index is 11.0. The van der Waals surface area contributed by atoms with E-state index in [1.807, 2.05) is 11.3 Å². The Bertz CT molecular complexity index is 651. The molecule has 1 atom stereocenters. The molecule has 0 radical (unpaired) electrons. The van der Waals surface area contributed by atoms with Gasteiger partial charge in [-0.05, 0) is 55.3 Å². The van der Waals surface area contributed by atoms with Gasteiger partial charge in [0.25, 0.3) is 0 Å². The summed E-state index contributed by atoms with van der Waals surface area (Å²) in [5.74, 6) is -0.184. The molecule has 0 saturated carbocycles. The number of hydrogen-bond acceptors (Lipinski definition) is 4. The molecule has 104 valence electrons. The van der Waals surface area contributed by atoms with Gasteiger partial charge in [-0.1, -0.05) is 0 Å². The number of nitrogens with one attached hydrogen (secondary N) is 1. The van der Waals surface area contributed by atoms with Gasteiger partial charge in [0.05, 0.1) is 17.3 Å². The van der Waals surface area contributed by atoms with Crippen molar-refractivity contribution in [1.82, 2.24) is 4.98 Å². The van der Waals surface area contributed by atoms with Gasteiger partial charge in [0.2, 0.25) is 0 Å². The topological polar surface area (TPSA) is 62.2 Å². The summed E-state index contributed by atoms with van der Waals surface area (Å²) in [5, 5.41) is 14.6. The van der Waals surface area contributed by atoms with Crippen molar-refractivity contribution in [3.8, 4) is 0 Å². The van der Waals surface area contributed by atoms with E-state index in [-0.39, 0.29) is 11.6 Å². The van der Waals surface area contributed by atoms with Crippen molar-refractivity contribution in [2.45, 2.75) is 32.2 Å². The molecule has 2 heterocycles. The summed E-state index contributed by atoms with van der Waals surface area (Å²) in [4.78, 5) is 16.8. The Balaban J connectivity index is 1.83. The van der Waals surface area contributed by atoms with Crippen molar-refractivity contribution in [3.63, 3.8) is 0 Å². The fourth-order valence-electron chi connectivity index (χ4n) is 2.68. The van der Waals surface area contributed by atoms with Gasteiger partial charge in [-0.25, -0.2) is 9.78 Å². The fourth-order valence-corrected chi connectivity index (χ4v) is 3.67. The Morgan fingerprint density at radius 3 is 3.05 bits per heavy atom. The van der Waals surface area contributed by atoms with Crippen molar-refractivity contribution < 1.29 is 9.90 Å². The molecule has 1 aliphatic carbocycles. The monoisotopic (exact) mass is 288 g/mol. The second-order valence-electron chi connectivity index (χ2n) is 5.02. The number of nitrogens with zero attached hydrogens (tertiary/aromatic N) is 1. The Morgan fingerprint density at radius 2 is 2.30 bits per heavy atom. The third-order valence-electron chi connectivity index (χ3n) is 3.69. The molecular formula is C15H16N2O2S. The Kier molecular flexibility index (Phi) is 3.44. The van der Waals surface area contributed by atoms with Crippen LogP contribution in [0.4, 0.5) is 5.82 Å². The first-order valence-corrected chi connectivity index (χ1v) is 7.57. The number of aryl methyl sites for hydroxylation is 2. The highest BCUT2D eigenvalue weighted by Crippen LogP contribution is 2.35. The number of aromatic nitrogens is 1. The van der Waals surface area contributed by atoms with Crippen molar-refractivity contribution in [3.05, 3.63) is 45.3 Å². The lowest BCUT2D eigenvalue weighted by atomic mass is 9.94. The van der Waals surface area contributed by atoms with E-state index in [4.69, 9.17) is 5.11 Å². The quantitative estimate of drug-likeness (QED) is 0.905. The van der Waals surface area contributed by atoms with E-state index in [2.05, 4.69) is 21.7 Å². The Morgan fingerprint density at radius 1 is 1.45 bits per heavy atom. The summed E-state index contributed by atoms with van der Waals surface area (Å²) in [5.41, 5.74) is 2.17. The minimum absolute atomic E-state index is 0.260. The predicted molar refractivity (Wildman–Crippen MR) is 79.6 cm³/mol. The number of fused-ring (bicyclic) bond motifs is 1.